The van der Waals surface area contributed by atoms with Gasteiger partial charge in [0.15, 0.2) is 0 Å². The molecule has 0 radical (unpaired) electrons. The molecule has 0 atom stereocenters. The number of likely N-dealkylation sites (tertiary alicyclic amines) is 1. The van der Waals surface area contributed by atoms with Gasteiger partial charge in [-0.25, -0.2) is 0 Å². The van der Waals surface area contributed by atoms with Crippen LogP contribution in [0.4, 0.5) is 0 Å². The Morgan fingerprint density at radius 3 is 2.19 bits per heavy atom. The summed E-state index contributed by atoms with van der Waals surface area (Å²) in [5, 5.41) is 0. The van der Waals surface area contributed by atoms with Gasteiger partial charge in [0.1, 0.15) is 0 Å². The van der Waals surface area contributed by atoms with Gasteiger partial charge in [-0.05, 0) is 24.0 Å². The third kappa shape index (κ3) is 1.35. The second-order valence-electron chi connectivity index (χ2n) is 4.50. The Morgan fingerprint density at radius 1 is 1.06 bits per heavy atom. The van der Waals surface area contributed by atoms with E-state index < -0.39 is 0 Å². The average Bonchev–Trinajstić information content (AvgIpc) is 2.84. The van der Waals surface area contributed by atoms with E-state index in [2.05, 4.69) is 12.1 Å². The van der Waals surface area contributed by atoms with Crippen molar-refractivity contribution >= 4 is 11.7 Å². The second-order valence-corrected chi connectivity index (χ2v) is 4.50. The highest BCUT2D eigenvalue weighted by molar-refractivity contribution is 6.37. The lowest BCUT2D eigenvalue weighted by atomic mass is 10.1. The molecule has 1 saturated heterocycles. The van der Waals surface area contributed by atoms with E-state index in [9.17, 15) is 9.59 Å². The van der Waals surface area contributed by atoms with Crippen molar-refractivity contribution in [2.45, 2.75) is 25.3 Å². The molecule has 16 heavy (non-hydrogen) atoms. The van der Waals surface area contributed by atoms with E-state index >= 15 is 0 Å². The molecule has 0 aromatic heterocycles. The van der Waals surface area contributed by atoms with Gasteiger partial charge in [0.05, 0.1) is 0 Å². The Kier molecular flexibility index (Phi) is 2.06. The Balaban J connectivity index is 1.82. The fourth-order valence-electron chi connectivity index (χ4n) is 2.70. The summed E-state index contributed by atoms with van der Waals surface area (Å²) < 4.78 is 0. The summed E-state index contributed by atoms with van der Waals surface area (Å²) in [5.74, 6) is -0.506. The van der Waals surface area contributed by atoms with Crippen LogP contribution in [0.25, 0.3) is 0 Å². The Hall–Kier alpha value is -1.64. The number of fused-ring (bicyclic) bond motifs is 1. The average molecular weight is 215 g/mol. The lowest BCUT2D eigenvalue weighted by Gasteiger charge is -2.22. The molecule has 0 saturated carbocycles. The number of nitrogens with zero attached hydrogens (tertiary/aromatic N) is 1. The number of rotatable bonds is 1. The van der Waals surface area contributed by atoms with E-state index in [-0.39, 0.29) is 17.7 Å². The monoisotopic (exact) mass is 215 g/mol. The zero-order valence-electron chi connectivity index (χ0n) is 8.98. The van der Waals surface area contributed by atoms with Crippen molar-refractivity contribution in [3.8, 4) is 0 Å². The molecule has 82 valence electrons. The maximum Gasteiger partial charge on any atom is 0.290 e. The number of Topliss-reactive ketones (excluding diaryl/α,β-unsaturated/α-hetero) is 1. The predicted molar refractivity (Wildman–Crippen MR) is 59.0 cm³/mol. The molecular weight excluding hydrogens is 202 g/mol. The fourth-order valence-corrected chi connectivity index (χ4v) is 2.70. The summed E-state index contributed by atoms with van der Waals surface area (Å²) in [6.45, 7) is 0.607. The molecule has 0 N–H and O–H groups in total. The molecule has 1 aromatic carbocycles. The summed E-state index contributed by atoms with van der Waals surface area (Å²) >= 11 is 0. The van der Waals surface area contributed by atoms with Crippen LogP contribution in [0, 0.1) is 0 Å². The molecule has 3 nitrogen and oxygen atoms in total. The van der Waals surface area contributed by atoms with E-state index in [1.165, 1.54) is 11.1 Å². The van der Waals surface area contributed by atoms with E-state index in [4.69, 9.17) is 0 Å². The van der Waals surface area contributed by atoms with Crippen LogP contribution < -0.4 is 0 Å². The molecule has 0 spiro atoms. The zero-order valence-corrected chi connectivity index (χ0v) is 8.98. The molecular formula is C13H13NO2. The van der Waals surface area contributed by atoms with Crippen molar-refractivity contribution in [2.24, 2.45) is 0 Å². The van der Waals surface area contributed by atoms with Gasteiger partial charge in [-0.1, -0.05) is 24.3 Å². The standard InChI is InChI=1S/C13H13NO2/c15-12-5-6-14(13(12)16)11-7-9-3-1-2-4-10(9)8-11/h1-4,11H,5-8H2. The van der Waals surface area contributed by atoms with E-state index in [0.29, 0.717) is 13.0 Å². The van der Waals surface area contributed by atoms with Gasteiger partial charge >= 0.3 is 0 Å². The molecule has 1 aliphatic heterocycles. The normalized spacial score (nSPS) is 20.6. The summed E-state index contributed by atoms with van der Waals surface area (Å²) in [7, 11) is 0. The highest BCUT2D eigenvalue weighted by Crippen LogP contribution is 2.27. The molecule has 0 bridgehead atoms. The van der Waals surface area contributed by atoms with Gasteiger partial charge in [0.2, 0.25) is 5.78 Å². The van der Waals surface area contributed by atoms with E-state index in [0.717, 1.165) is 12.8 Å². The molecule has 3 heteroatoms. The Labute approximate surface area is 94.1 Å². The van der Waals surface area contributed by atoms with Crippen LogP contribution >= 0.6 is 0 Å². The minimum absolute atomic E-state index is 0.205. The number of ketones is 1. The predicted octanol–water partition coefficient (Wildman–Crippen LogP) is 0.955. The SMILES string of the molecule is O=C1CCN(C2Cc3ccccc3C2)C1=O. The van der Waals surface area contributed by atoms with Gasteiger partial charge in [-0.2, -0.15) is 0 Å². The van der Waals surface area contributed by atoms with E-state index in [1.54, 1.807) is 4.90 Å². The molecule has 2 aliphatic rings. The minimum atomic E-state index is -0.280. The highest BCUT2D eigenvalue weighted by atomic mass is 16.2. The first kappa shape index (κ1) is 9.58. The maximum absolute atomic E-state index is 11.6. The van der Waals surface area contributed by atoms with Crippen molar-refractivity contribution in [1.29, 1.82) is 0 Å². The number of hydrogen-bond donors (Lipinski definition) is 0. The van der Waals surface area contributed by atoms with Crippen molar-refractivity contribution in [3.63, 3.8) is 0 Å². The lowest BCUT2D eigenvalue weighted by Crippen LogP contribution is -2.38. The third-order valence-corrected chi connectivity index (χ3v) is 3.55. The lowest BCUT2D eigenvalue weighted by molar-refractivity contribution is -0.141. The van der Waals surface area contributed by atoms with Crippen LogP contribution in [0.1, 0.15) is 17.5 Å². The van der Waals surface area contributed by atoms with Gasteiger partial charge in [-0.15, -0.1) is 0 Å². The van der Waals surface area contributed by atoms with Crippen LogP contribution in [0.5, 0.6) is 0 Å². The largest absolute Gasteiger partial charge is 0.332 e. The zero-order chi connectivity index (χ0) is 11.1. The first-order chi connectivity index (χ1) is 7.75. The van der Waals surface area contributed by atoms with Gasteiger partial charge in [0, 0.05) is 19.0 Å². The highest BCUT2D eigenvalue weighted by Gasteiger charge is 2.36. The summed E-state index contributed by atoms with van der Waals surface area (Å²) in [4.78, 5) is 24.6. The first-order valence-corrected chi connectivity index (χ1v) is 5.66. The smallest absolute Gasteiger partial charge is 0.290 e. The fraction of sp³-hybridized carbons (Fsp3) is 0.385. The van der Waals surface area contributed by atoms with Crippen LogP contribution in [0.2, 0.25) is 0 Å². The summed E-state index contributed by atoms with van der Waals surface area (Å²) in [6.07, 6.45) is 2.19. The maximum atomic E-state index is 11.6. The second kappa shape index (κ2) is 3.44. The molecule has 3 rings (SSSR count). The van der Waals surface area contributed by atoms with Crippen LogP contribution in [0.3, 0.4) is 0 Å². The molecule has 1 aliphatic carbocycles. The van der Waals surface area contributed by atoms with Crippen molar-refractivity contribution in [1.82, 2.24) is 4.90 Å². The minimum Gasteiger partial charge on any atom is -0.332 e. The number of amides is 1. The molecule has 0 unspecified atom stereocenters. The Morgan fingerprint density at radius 2 is 1.69 bits per heavy atom. The molecule has 1 aromatic rings. The third-order valence-electron chi connectivity index (χ3n) is 3.55. The topological polar surface area (TPSA) is 37.4 Å². The summed E-state index contributed by atoms with van der Waals surface area (Å²) in [6, 6.07) is 8.47. The summed E-state index contributed by atoms with van der Waals surface area (Å²) in [5.41, 5.74) is 2.64. The number of hydrogen-bond acceptors (Lipinski definition) is 2. The van der Waals surface area contributed by atoms with Gasteiger partial charge in [0.25, 0.3) is 5.91 Å². The molecule has 1 amide bonds. The van der Waals surface area contributed by atoms with Gasteiger partial charge in [-0.3, -0.25) is 9.59 Å². The number of carbonyl (C=O) groups is 2. The van der Waals surface area contributed by atoms with Crippen molar-refractivity contribution in [2.75, 3.05) is 6.54 Å². The van der Waals surface area contributed by atoms with Crippen LogP contribution in [-0.2, 0) is 22.4 Å². The van der Waals surface area contributed by atoms with E-state index in [1.807, 2.05) is 12.1 Å². The van der Waals surface area contributed by atoms with Gasteiger partial charge < -0.3 is 4.90 Å². The molecule has 1 fully saturated rings. The number of carbonyl (C=O) groups excluding carboxylic acids is 2. The first-order valence-electron chi connectivity index (χ1n) is 5.66. The van der Waals surface area contributed by atoms with Crippen molar-refractivity contribution < 1.29 is 9.59 Å². The Bertz CT molecular complexity index is 442. The van der Waals surface area contributed by atoms with Crippen molar-refractivity contribution in [3.05, 3.63) is 35.4 Å². The number of benzene rings is 1. The van der Waals surface area contributed by atoms with Crippen LogP contribution in [-0.4, -0.2) is 29.2 Å². The van der Waals surface area contributed by atoms with Crippen LogP contribution in [0.15, 0.2) is 24.3 Å². The quantitative estimate of drug-likeness (QED) is 0.654. The molecule has 1 heterocycles.